The van der Waals surface area contributed by atoms with Gasteiger partial charge in [-0.25, -0.2) is 0 Å². The van der Waals surface area contributed by atoms with Crippen LogP contribution in [0.1, 0.15) is 33.6 Å². The van der Waals surface area contributed by atoms with Crippen molar-refractivity contribution < 1.29 is 5.11 Å². The molecular formula is C11H26N2O. The normalized spacial score (nSPS) is 17.1. The molecule has 0 amide bonds. The second kappa shape index (κ2) is 5.69. The highest BCUT2D eigenvalue weighted by Crippen LogP contribution is 2.22. The standard InChI is InChI=1S/C11H26N2O/c1-11(2,3)10(14)9(12)7-6-8-13(4)5/h9-10,14H,6-8,12H2,1-5H3. The Kier molecular flexibility index (Phi) is 5.64. The van der Waals surface area contributed by atoms with E-state index in [4.69, 9.17) is 5.73 Å². The number of nitrogens with zero attached hydrogens (tertiary/aromatic N) is 1. The van der Waals surface area contributed by atoms with E-state index >= 15 is 0 Å². The predicted octanol–water partition coefficient (Wildman–Crippen LogP) is 1.06. The first kappa shape index (κ1) is 13.9. The lowest BCUT2D eigenvalue weighted by atomic mass is 9.83. The fourth-order valence-corrected chi connectivity index (χ4v) is 1.44. The first-order chi connectivity index (χ1) is 6.25. The Morgan fingerprint density at radius 3 is 2.14 bits per heavy atom. The lowest BCUT2D eigenvalue weighted by Crippen LogP contribution is -2.43. The van der Waals surface area contributed by atoms with Gasteiger partial charge < -0.3 is 15.7 Å². The van der Waals surface area contributed by atoms with E-state index < -0.39 is 6.10 Å². The molecule has 0 bridgehead atoms. The van der Waals surface area contributed by atoms with Crippen LogP contribution in [0.2, 0.25) is 0 Å². The fourth-order valence-electron chi connectivity index (χ4n) is 1.44. The topological polar surface area (TPSA) is 49.5 Å². The Hall–Kier alpha value is -0.120. The SMILES string of the molecule is CN(C)CCCC(N)C(O)C(C)(C)C. The third kappa shape index (κ3) is 5.58. The molecule has 2 atom stereocenters. The van der Waals surface area contributed by atoms with Gasteiger partial charge in [0.25, 0.3) is 0 Å². The zero-order valence-electron chi connectivity index (χ0n) is 10.2. The minimum absolute atomic E-state index is 0.102. The van der Waals surface area contributed by atoms with Gasteiger partial charge >= 0.3 is 0 Å². The molecule has 0 radical (unpaired) electrons. The Morgan fingerprint density at radius 1 is 1.29 bits per heavy atom. The summed E-state index contributed by atoms with van der Waals surface area (Å²) in [5, 5.41) is 9.88. The van der Waals surface area contributed by atoms with Gasteiger partial charge in [-0.05, 0) is 38.9 Å². The molecule has 0 spiro atoms. The number of aliphatic hydroxyl groups excluding tert-OH is 1. The number of nitrogens with two attached hydrogens (primary N) is 1. The van der Waals surface area contributed by atoms with Gasteiger partial charge in [-0.2, -0.15) is 0 Å². The molecular weight excluding hydrogens is 176 g/mol. The molecule has 14 heavy (non-hydrogen) atoms. The second-order valence-electron chi connectivity index (χ2n) is 5.42. The summed E-state index contributed by atoms with van der Waals surface area (Å²) in [7, 11) is 4.09. The maximum Gasteiger partial charge on any atom is 0.0739 e. The molecule has 0 rings (SSSR count). The lowest BCUT2D eigenvalue weighted by molar-refractivity contribution is 0.0372. The molecule has 0 aromatic rings. The first-order valence-electron chi connectivity index (χ1n) is 5.33. The Bertz CT molecular complexity index is 152. The smallest absolute Gasteiger partial charge is 0.0739 e. The van der Waals surface area contributed by atoms with Crippen molar-refractivity contribution >= 4 is 0 Å². The van der Waals surface area contributed by atoms with Crippen molar-refractivity contribution in [2.75, 3.05) is 20.6 Å². The Labute approximate surface area is 88.3 Å². The van der Waals surface area contributed by atoms with Crippen LogP contribution in [0.25, 0.3) is 0 Å². The van der Waals surface area contributed by atoms with E-state index in [1.54, 1.807) is 0 Å². The lowest BCUT2D eigenvalue weighted by Gasteiger charge is -2.31. The van der Waals surface area contributed by atoms with Crippen LogP contribution in [0.5, 0.6) is 0 Å². The fraction of sp³-hybridized carbons (Fsp3) is 1.00. The summed E-state index contributed by atoms with van der Waals surface area (Å²) in [5.41, 5.74) is 5.81. The highest BCUT2D eigenvalue weighted by atomic mass is 16.3. The highest BCUT2D eigenvalue weighted by Gasteiger charge is 2.27. The Morgan fingerprint density at radius 2 is 1.79 bits per heavy atom. The minimum Gasteiger partial charge on any atom is -0.391 e. The van der Waals surface area contributed by atoms with Crippen molar-refractivity contribution in [3.05, 3.63) is 0 Å². The zero-order valence-corrected chi connectivity index (χ0v) is 10.2. The summed E-state index contributed by atoms with van der Waals surface area (Å²) in [6.45, 7) is 7.08. The summed E-state index contributed by atoms with van der Waals surface area (Å²) in [4.78, 5) is 2.14. The van der Waals surface area contributed by atoms with Gasteiger partial charge in [0.1, 0.15) is 0 Å². The molecule has 0 aromatic carbocycles. The molecule has 0 saturated carbocycles. The molecule has 3 heteroatoms. The van der Waals surface area contributed by atoms with Crippen LogP contribution in [0.15, 0.2) is 0 Å². The third-order valence-electron chi connectivity index (χ3n) is 2.44. The highest BCUT2D eigenvalue weighted by molar-refractivity contribution is 4.82. The second-order valence-corrected chi connectivity index (χ2v) is 5.42. The molecule has 0 heterocycles. The van der Waals surface area contributed by atoms with Crippen LogP contribution >= 0.6 is 0 Å². The van der Waals surface area contributed by atoms with Crippen molar-refractivity contribution in [2.45, 2.75) is 45.8 Å². The molecule has 0 aromatic heterocycles. The quantitative estimate of drug-likeness (QED) is 0.701. The maximum atomic E-state index is 9.88. The Balaban J connectivity index is 3.79. The van der Waals surface area contributed by atoms with E-state index in [1.165, 1.54) is 0 Å². The molecule has 0 fully saturated rings. The molecule has 3 N–H and O–H groups in total. The van der Waals surface area contributed by atoms with E-state index in [1.807, 2.05) is 34.9 Å². The average molecular weight is 202 g/mol. The summed E-state index contributed by atoms with van der Waals surface area (Å²) >= 11 is 0. The number of rotatable bonds is 5. The first-order valence-corrected chi connectivity index (χ1v) is 5.33. The van der Waals surface area contributed by atoms with Crippen LogP contribution in [-0.2, 0) is 0 Å². The van der Waals surface area contributed by atoms with Crippen LogP contribution in [0.4, 0.5) is 0 Å². The monoisotopic (exact) mass is 202 g/mol. The van der Waals surface area contributed by atoms with E-state index in [-0.39, 0.29) is 11.5 Å². The van der Waals surface area contributed by atoms with Crippen molar-refractivity contribution in [3.63, 3.8) is 0 Å². The van der Waals surface area contributed by atoms with Crippen molar-refractivity contribution in [1.29, 1.82) is 0 Å². The number of aliphatic hydroxyl groups is 1. The minimum atomic E-state index is -0.412. The summed E-state index contributed by atoms with van der Waals surface area (Å²) < 4.78 is 0. The molecule has 0 aliphatic heterocycles. The summed E-state index contributed by atoms with van der Waals surface area (Å²) in [6, 6.07) is -0.102. The predicted molar refractivity (Wildman–Crippen MR) is 61.2 cm³/mol. The van der Waals surface area contributed by atoms with Crippen molar-refractivity contribution in [3.8, 4) is 0 Å². The van der Waals surface area contributed by atoms with Gasteiger partial charge in [-0.1, -0.05) is 20.8 Å². The van der Waals surface area contributed by atoms with Gasteiger partial charge in [0.2, 0.25) is 0 Å². The molecule has 2 unspecified atom stereocenters. The van der Waals surface area contributed by atoms with Gasteiger partial charge in [-0.15, -0.1) is 0 Å². The van der Waals surface area contributed by atoms with E-state index in [0.717, 1.165) is 19.4 Å². The van der Waals surface area contributed by atoms with E-state index in [2.05, 4.69) is 4.90 Å². The summed E-state index contributed by atoms with van der Waals surface area (Å²) in [5.74, 6) is 0. The largest absolute Gasteiger partial charge is 0.391 e. The summed E-state index contributed by atoms with van der Waals surface area (Å²) in [6.07, 6.45) is 1.52. The van der Waals surface area contributed by atoms with Crippen LogP contribution in [0, 0.1) is 5.41 Å². The van der Waals surface area contributed by atoms with Crippen LogP contribution in [-0.4, -0.2) is 42.8 Å². The van der Waals surface area contributed by atoms with Gasteiger partial charge in [0.15, 0.2) is 0 Å². The van der Waals surface area contributed by atoms with E-state index in [9.17, 15) is 5.11 Å². The molecule has 86 valence electrons. The van der Waals surface area contributed by atoms with Gasteiger partial charge in [0, 0.05) is 6.04 Å². The van der Waals surface area contributed by atoms with Crippen molar-refractivity contribution in [2.24, 2.45) is 11.1 Å². The number of hydrogen-bond donors (Lipinski definition) is 2. The molecule has 0 saturated heterocycles. The maximum absolute atomic E-state index is 9.88. The zero-order chi connectivity index (χ0) is 11.4. The third-order valence-corrected chi connectivity index (χ3v) is 2.44. The molecule has 3 nitrogen and oxygen atoms in total. The van der Waals surface area contributed by atoms with Crippen LogP contribution in [0.3, 0.4) is 0 Å². The number of hydrogen-bond acceptors (Lipinski definition) is 3. The van der Waals surface area contributed by atoms with Gasteiger partial charge in [0.05, 0.1) is 6.10 Å². The van der Waals surface area contributed by atoms with Crippen molar-refractivity contribution in [1.82, 2.24) is 4.90 Å². The average Bonchev–Trinajstić information content (AvgIpc) is 2.00. The van der Waals surface area contributed by atoms with Gasteiger partial charge in [-0.3, -0.25) is 0 Å². The van der Waals surface area contributed by atoms with Crippen LogP contribution < -0.4 is 5.73 Å². The van der Waals surface area contributed by atoms with E-state index in [0.29, 0.717) is 0 Å². The molecule has 0 aliphatic carbocycles. The molecule has 0 aliphatic rings.